The van der Waals surface area contributed by atoms with Gasteiger partial charge in [-0.15, -0.1) is 0 Å². The fraction of sp³-hybridized carbons (Fsp3) is 0.476. The summed E-state index contributed by atoms with van der Waals surface area (Å²) in [7, 11) is 1.27. The van der Waals surface area contributed by atoms with Gasteiger partial charge in [0, 0.05) is 24.9 Å². The predicted molar refractivity (Wildman–Crippen MR) is 116 cm³/mol. The molecule has 2 rings (SSSR count). The van der Waals surface area contributed by atoms with Crippen molar-refractivity contribution in [2.24, 2.45) is 11.6 Å². The van der Waals surface area contributed by atoms with Gasteiger partial charge in [-0.2, -0.15) is 0 Å². The lowest BCUT2D eigenvalue weighted by molar-refractivity contribution is -0.141. The summed E-state index contributed by atoms with van der Waals surface area (Å²) in [6.45, 7) is 6.80. The van der Waals surface area contributed by atoms with Crippen molar-refractivity contribution in [1.29, 1.82) is 0 Å². The van der Waals surface area contributed by atoms with Crippen LogP contribution in [0.1, 0.15) is 51.3 Å². The monoisotopic (exact) mass is 433 g/mol. The average molecular weight is 434 g/mol. The first-order valence-corrected chi connectivity index (χ1v) is 10.00. The molecule has 5 N–H and O–H groups in total. The molecule has 1 aromatic carbocycles. The minimum atomic E-state index is -0.533. The van der Waals surface area contributed by atoms with Crippen molar-refractivity contribution < 1.29 is 23.9 Å². The highest BCUT2D eigenvalue weighted by Gasteiger charge is 2.33. The molecule has 0 fully saturated rings. The molecule has 0 saturated heterocycles. The van der Waals surface area contributed by atoms with Crippen LogP contribution in [-0.4, -0.2) is 48.8 Å². The zero-order valence-corrected chi connectivity index (χ0v) is 18.5. The van der Waals surface area contributed by atoms with E-state index in [2.05, 4.69) is 10.1 Å². The number of carbonyl (C=O) groups is 3. The molecule has 2 atom stereocenters. The van der Waals surface area contributed by atoms with E-state index in [1.54, 1.807) is 36.9 Å². The van der Waals surface area contributed by atoms with Crippen LogP contribution in [0.15, 0.2) is 24.4 Å². The van der Waals surface area contributed by atoms with Crippen LogP contribution in [-0.2, 0) is 19.1 Å². The van der Waals surface area contributed by atoms with Gasteiger partial charge in [0.2, 0.25) is 5.91 Å². The van der Waals surface area contributed by atoms with Crippen LogP contribution in [0.5, 0.6) is 0 Å². The first kappa shape index (κ1) is 24.0. The second-order valence-corrected chi connectivity index (χ2v) is 7.73. The van der Waals surface area contributed by atoms with Gasteiger partial charge < -0.3 is 30.4 Å². The van der Waals surface area contributed by atoms with E-state index in [4.69, 9.17) is 16.3 Å². The van der Waals surface area contributed by atoms with Crippen LogP contribution < -0.4 is 21.8 Å². The number of hydrogen-bond acceptors (Lipinski definition) is 8. The molecule has 31 heavy (non-hydrogen) atoms. The van der Waals surface area contributed by atoms with Gasteiger partial charge in [0.15, 0.2) is 0 Å². The number of rotatable bonds is 6. The van der Waals surface area contributed by atoms with Gasteiger partial charge in [0.25, 0.3) is 0 Å². The van der Waals surface area contributed by atoms with E-state index in [9.17, 15) is 14.4 Å². The molecule has 0 radical (unpaired) electrons. The Bertz CT molecular complexity index is 870. The van der Waals surface area contributed by atoms with Gasteiger partial charge in [-0.05, 0) is 50.5 Å². The van der Waals surface area contributed by atoms with Gasteiger partial charge in [0.1, 0.15) is 6.54 Å². The summed E-state index contributed by atoms with van der Waals surface area (Å²) in [4.78, 5) is 37.6. The van der Waals surface area contributed by atoms with Crippen molar-refractivity contribution in [2.45, 2.75) is 52.3 Å². The number of alkyl carbamates (subject to hydrolysis) is 1. The van der Waals surface area contributed by atoms with Gasteiger partial charge in [-0.1, -0.05) is 6.07 Å². The minimum Gasteiger partial charge on any atom is -0.468 e. The quantitative estimate of drug-likeness (QED) is 0.349. The van der Waals surface area contributed by atoms with Crippen LogP contribution in [0.25, 0.3) is 5.70 Å². The third-order valence-corrected chi connectivity index (χ3v) is 4.83. The molecule has 0 unspecified atom stereocenters. The Morgan fingerprint density at radius 2 is 2.03 bits per heavy atom. The largest absolute Gasteiger partial charge is 0.468 e. The number of hydrogen-bond donors (Lipinski definition) is 3. The number of fused-ring (bicyclic) bond motifs is 1. The summed E-state index contributed by atoms with van der Waals surface area (Å²) >= 11 is 0. The van der Waals surface area contributed by atoms with Crippen molar-refractivity contribution >= 4 is 29.4 Å². The number of nitrogens with zero attached hydrogens (tertiary/aromatic N) is 2. The standard InChI is InChI=1S/C21H31N5O5/c1-12(2)31-21(29)24-18-8-13(3)26(14(4)27)19-7-6-15(9-16(18)19)17(22)10-25(23)11-20(28)30-5/h6-7,9-10,12-13,18H,8,11,22-23H2,1-5H3,(H,24,29)/b17-10-/t13-,18+/m0/s1. The Hall–Kier alpha value is -3.27. The zero-order chi connectivity index (χ0) is 23.3. The molecule has 10 nitrogen and oxygen atoms in total. The maximum atomic E-state index is 12.3. The third-order valence-electron chi connectivity index (χ3n) is 4.83. The van der Waals surface area contributed by atoms with E-state index in [0.717, 1.165) is 10.6 Å². The van der Waals surface area contributed by atoms with Crippen molar-refractivity contribution in [2.75, 3.05) is 18.6 Å². The number of carbonyl (C=O) groups excluding carboxylic acids is 3. The SMILES string of the molecule is COC(=O)CN(N)/C=C(\N)c1ccc2c(c1)[C@H](NC(=O)OC(C)C)C[C@H](C)N2C(C)=O. The molecule has 0 saturated carbocycles. The van der Waals surface area contributed by atoms with E-state index < -0.39 is 12.1 Å². The Labute approximate surface area is 182 Å². The third kappa shape index (κ3) is 6.11. The zero-order valence-electron chi connectivity index (χ0n) is 18.5. The van der Waals surface area contributed by atoms with E-state index in [1.807, 2.05) is 6.92 Å². The second kappa shape index (κ2) is 10.2. The van der Waals surface area contributed by atoms with Gasteiger partial charge >= 0.3 is 12.1 Å². The van der Waals surface area contributed by atoms with Crippen LogP contribution in [0, 0.1) is 0 Å². The molecule has 1 aliphatic heterocycles. The second-order valence-electron chi connectivity index (χ2n) is 7.73. The number of anilines is 1. The minimum absolute atomic E-state index is 0.0977. The van der Waals surface area contributed by atoms with Gasteiger partial charge in [-0.3, -0.25) is 9.59 Å². The van der Waals surface area contributed by atoms with Crippen LogP contribution in [0.2, 0.25) is 0 Å². The summed E-state index contributed by atoms with van der Waals surface area (Å²) in [5, 5.41) is 4.01. The van der Waals surface area contributed by atoms with Crippen LogP contribution in [0.3, 0.4) is 0 Å². The van der Waals surface area contributed by atoms with Gasteiger partial charge in [0.05, 0.1) is 25.0 Å². The number of nitrogens with two attached hydrogens (primary N) is 2. The molecular formula is C21H31N5O5. The lowest BCUT2D eigenvalue weighted by Gasteiger charge is -2.39. The first-order valence-electron chi connectivity index (χ1n) is 10.00. The maximum absolute atomic E-state index is 12.3. The number of hydrazine groups is 1. The van der Waals surface area contributed by atoms with E-state index in [-0.39, 0.29) is 30.6 Å². The molecule has 1 aromatic rings. The Morgan fingerprint density at radius 3 is 2.61 bits per heavy atom. The summed E-state index contributed by atoms with van der Waals surface area (Å²) in [6, 6.07) is 4.85. The van der Waals surface area contributed by atoms with Gasteiger partial charge in [-0.25, -0.2) is 10.6 Å². The van der Waals surface area contributed by atoms with Crippen LogP contribution >= 0.6 is 0 Å². The normalized spacial score (nSPS) is 18.3. The average Bonchev–Trinajstić information content (AvgIpc) is 2.66. The molecule has 1 aliphatic rings. The van der Waals surface area contributed by atoms with Crippen molar-refractivity contribution in [1.82, 2.24) is 10.3 Å². The van der Waals surface area contributed by atoms with Crippen molar-refractivity contribution in [3.8, 4) is 0 Å². The molecule has 2 amide bonds. The summed E-state index contributed by atoms with van der Waals surface area (Å²) < 4.78 is 9.81. The highest BCUT2D eigenvalue weighted by molar-refractivity contribution is 5.94. The number of benzene rings is 1. The number of amides is 2. The highest BCUT2D eigenvalue weighted by Crippen LogP contribution is 2.38. The Kier molecular flexibility index (Phi) is 7.87. The molecule has 1 heterocycles. The molecule has 0 spiro atoms. The molecule has 0 bridgehead atoms. The summed E-state index contributed by atoms with van der Waals surface area (Å²) in [6.07, 6.45) is 1.14. The molecular weight excluding hydrogens is 402 g/mol. The highest BCUT2D eigenvalue weighted by atomic mass is 16.6. The first-order chi connectivity index (χ1) is 14.5. The van der Waals surface area contributed by atoms with E-state index in [1.165, 1.54) is 20.2 Å². The molecule has 10 heteroatoms. The topological polar surface area (TPSA) is 140 Å². The number of esters is 1. The Balaban J connectivity index is 2.40. The lowest BCUT2D eigenvalue weighted by atomic mass is 9.90. The number of methoxy groups -OCH3 is 1. The maximum Gasteiger partial charge on any atom is 0.407 e. The van der Waals surface area contributed by atoms with E-state index >= 15 is 0 Å². The van der Waals surface area contributed by atoms with Crippen LogP contribution in [0.4, 0.5) is 10.5 Å². The lowest BCUT2D eigenvalue weighted by Crippen LogP contribution is -2.45. The Morgan fingerprint density at radius 1 is 1.35 bits per heavy atom. The summed E-state index contributed by atoms with van der Waals surface area (Å²) in [5.74, 6) is 5.19. The predicted octanol–water partition coefficient (Wildman–Crippen LogP) is 1.61. The van der Waals surface area contributed by atoms with Crippen molar-refractivity contribution in [3.63, 3.8) is 0 Å². The van der Waals surface area contributed by atoms with Crippen molar-refractivity contribution in [3.05, 3.63) is 35.5 Å². The molecule has 0 aromatic heterocycles. The molecule has 170 valence electrons. The summed E-state index contributed by atoms with van der Waals surface area (Å²) in [5.41, 5.74) is 8.54. The fourth-order valence-corrected chi connectivity index (χ4v) is 3.56. The number of nitrogens with one attached hydrogen (secondary N) is 1. The molecule has 0 aliphatic carbocycles. The smallest absolute Gasteiger partial charge is 0.407 e. The fourth-order valence-electron chi connectivity index (χ4n) is 3.56. The number of ether oxygens (including phenoxy) is 2. The van der Waals surface area contributed by atoms with E-state index in [0.29, 0.717) is 23.4 Å².